The van der Waals surface area contributed by atoms with Crippen LogP contribution in [-0.2, 0) is 0 Å². The number of piperazine rings is 1. The van der Waals surface area contributed by atoms with E-state index in [2.05, 4.69) is 15.2 Å². The Labute approximate surface area is 115 Å². The fraction of sp³-hybridized carbons (Fsp3) is 0.385. The van der Waals surface area contributed by atoms with E-state index in [1.807, 2.05) is 0 Å². The maximum Gasteiger partial charge on any atom is 0.298 e. The molecule has 1 aliphatic heterocycles. The molecule has 0 amide bonds. The first-order chi connectivity index (χ1) is 9.15. The number of halogens is 1. The number of hydrogen-bond acceptors (Lipinski definition) is 5. The van der Waals surface area contributed by atoms with Gasteiger partial charge >= 0.3 is 0 Å². The number of Topliss-reactive ketones (excluding diaryl/α,β-unsaturated/α-hetero) is 1. The molecule has 0 unspecified atom stereocenters. The summed E-state index contributed by atoms with van der Waals surface area (Å²) < 4.78 is 5.72. The second kappa shape index (κ2) is 4.83. The standard InChI is InChI=1S/C13H14ClN3O2/c1-8(18)9-6-10(14)12-11(7-9)16-13(19-12)17-4-2-15-3-5-17/h6-7,15H,2-5H2,1H3. The molecule has 3 rings (SSSR count). The summed E-state index contributed by atoms with van der Waals surface area (Å²) in [6.07, 6.45) is 0. The van der Waals surface area contributed by atoms with Crippen molar-refractivity contribution >= 4 is 34.5 Å². The topological polar surface area (TPSA) is 58.4 Å². The third-order valence-corrected chi connectivity index (χ3v) is 3.51. The SMILES string of the molecule is CC(=O)c1cc(Cl)c2oc(N3CCNCC3)nc2c1. The summed E-state index contributed by atoms with van der Waals surface area (Å²) in [5, 5.41) is 3.70. The van der Waals surface area contributed by atoms with Crippen LogP contribution < -0.4 is 10.2 Å². The molecule has 1 N–H and O–H groups in total. The monoisotopic (exact) mass is 279 g/mol. The molecule has 100 valence electrons. The minimum atomic E-state index is -0.0319. The lowest BCUT2D eigenvalue weighted by molar-refractivity contribution is 0.101. The van der Waals surface area contributed by atoms with Gasteiger partial charge < -0.3 is 14.6 Å². The summed E-state index contributed by atoms with van der Waals surface area (Å²) >= 11 is 6.14. The van der Waals surface area contributed by atoms with Crippen LogP contribution in [0.2, 0.25) is 5.02 Å². The van der Waals surface area contributed by atoms with E-state index in [-0.39, 0.29) is 5.78 Å². The van der Waals surface area contributed by atoms with E-state index in [4.69, 9.17) is 16.0 Å². The van der Waals surface area contributed by atoms with Crippen LogP contribution in [0.5, 0.6) is 0 Å². The molecule has 0 atom stereocenters. The normalized spacial score (nSPS) is 16.0. The number of benzene rings is 1. The van der Waals surface area contributed by atoms with E-state index in [1.54, 1.807) is 12.1 Å². The van der Waals surface area contributed by atoms with Gasteiger partial charge in [-0.2, -0.15) is 4.98 Å². The number of carbonyl (C=O) groups excluding carboxylic acids is 1. The van der Waals surface area contributed by atoms with Gasteiger partial charge in [0.25, 0.3) is 6.01 Å². The number of nitrogens with one attached hydrogen (secondary N) is 1. The van der Waals surface area contributed by atoms with Gasteiger partial charge in [0, 0.05) is 31.7 Å². The minimum Gasteiger partial charge on any atom is -0.422 e. The second-order valence-corrected chi connectivity index (χ2v) is 5.00. The van der Waals surface area contributed by atoms with Crippen LogP contribution in [-0.4, -0.2) is 36.9 Å². The lowest BCUT2D eigenvalue weighted by atomic mass is 10.1. The predicted molar refractivity (Wildman–Crippen MR) is 74.1 cm³/mol. The van der Waals surface area contributed by atoms with Crippen LogP contribution in [0.1, 0.15) is 17.3 Å². The smallest absolute Gasteiger partial charge is 0.298 e. The first-order valence-electron chi connectivity index (χ1n) is 6.22. The van der Waals surface area contributed by atoms with Gasteiger partial charge in [-0.1, -0.05) is 11.6 Å². The highest BCUT2D eigenvalue weighted by Crippen LogP contribution is 2.29. The molecule has 1 aliphatic rings. The molecule has 2 aromatic rings. The van der Waals surface area contributed by atoms with E-state index in [1.165, 1.54) is 6.92 Å². The van der Waals surface area contributed by atoms with Gasteiger partial charge in [0.15, 0.2) is 11.4 Å². The number of ketones is 1. The van der Waals surface area contributed by atoms with Gasteiger partial charge in [0.05, 0.1) is 5.02 Å². The first-order valence-corrected chi connectivity index (χ1v) is 6.59. The lowest BCUT2D eigenvalue weighted by Crippen LogP contribution is -2.43. The number of rotatable bonds is 2. The van der Waals surface area contributed by atoms with Crippen LogP contribution in [0.3, 0.4) is 0 Å². The largest absolute Gasteiger partial charge is 0.422 e. The van der Waals surface area contributed by atoms with Crippen LogP contribution >= 0.6 is 11.6 Å². The highest BCUT2D eigenvalue weighted by Gasteiger charge is 2.18. The van der Waals surface area contributed by atoms with Gasteiger partial charge in [0.2, 0.25) is 0 Å². The molecule has 1 aromatic heterocycles. The van der Waals surface area contributed by atoms with Crippen molar-refractivity contribution in [3.05, 3.63) is 22.7 Å². The zero-order chi connectivity index (χ0) is 13.4. The van der Waals surface area contributed by atoms with Gasteiger partial charge in [-0.15, -0.1) is 0 Å². The fourth-order valence-electron chi connectivity index (χ4n) is 2.17. The van der Waals surface area contributed by atoms with Crippen molar-refractivity contribution in [2.24, 2.45) is 0 Å². The van der Waals surface area contributed by atoms with Crippen molar-refractivity contribution < 1.29 is 9.21 Å². The molecular weight excluding hydrogens is 266 g/mol. The number of fused-ring (bicyclic) bond motifs is 1. The highest BCUT2D eigenvalue weighted by atomic mass is 35.5. The number of oxazole rings is 1. The van der Waals surface area contributed by atoms with Crippen molar-refractivity contribution in [3.63, 3.8) is 0 Å². The summed E-state index contributed by atoms with van der Waals surface area (Å²) in [6, 6.07) is 3.91. The molecule has 0 saturated carbocycles. The summed E-state index contributed by atoms with van der Waals surface area (Å²) in [4.78, 5) is 17.9. The van der Waals surface area contributed by atoms with Crippen LogP contribution in [0.25, 0.3) is 11.1 Å². The molecule has 1 aromatic carbocycles. The Morgan fingerprint density at radius 2 is 2.16 bits per heavy atom. The van der Waals surface area contributed by atoms with Crippen LogP contribution in [0, 0.1) is 0 Å². The van der Waals surface area contributed by atoms with E-state index in [0.29, 0.717) is 27.7 Å². The Balaban J connectivity index is 2.04. The molecule has 1 fully saturated rings. The lowest BCUT2D eigenvalue weighted by Gasteiger charge is -2.25. The van der Waals surface area contributed by atoms with Gasteiger partial charge in [-0.05, 0) is 19.1 Å². The number of carbonyl (C=O) groups is 1. The quantitative estimate of drug-likeness (QED) is 0.853. The molecule has 0 radical (unpaired) electrons. The van der Waals surface area contributed by atoms with Crippen LogP contribution in [0.4, 0.5) is 6.01 Å². The van der Waals surface area contributed by atoms with Gasteiger partial charge in [0.1, 0.15) is 5.52 Å². The van der Waals surface area contributed by atoms with Crippen molar-refractivity contribution in [2.75, 3.05) is 31.1 Å². The molecule has 5 nitrogen and oxygen atoms in total. The number of anilines is 1. The molecular formula is C13H14ClN3O2. The molecule has 1 saturated heterocycles. The Hall–Kier alpha value is -1.59. The number of hydrogen-bond donors (Lipinski definition) is 1. The van der Waals surface area contributed by atoms with E-state index >= 15 is 0 Å². The third-order valence-electron chi connectivity index (χ3n) is 3.23. The first kappa shape index (κ1) is 12.4. The Morgan fingerprint density at radius 1 is 1.42 bits per heavy atom. The predicted octanol–water partition coefficient (Wildman–Crippen LogP) is 2.09. The third kappa shape index (κ3) is 2.31. The Bertz CT molecular complexity index is 632. The Kier molecular flexibility index (Phi) is 3.16. The number of aromatic nitrogens is 1. The van der Waals surface area contributed by atoms with E-state index < -0.39 is 0 Å². The second-order valence-electron chi connectivity index (χ2n) is 4.60. The van der Waals surface area contributed by atoms with Crippen molar-refractivity contribution in [1.29, 1.82) is 0 Å². The fourth-order valence-corrected chi connectivity index (χ4v) is 2.43. The van der Waals surface area contributed by atoms with E-state index in [9.17, 15) is 4.79 Å². The van der Waals surface area contributed by atoms with Crippen LogP contribution in [0.15, 0.2) is 16.5 Å². The Morgan fingerprint density at radius 3 is 2.84 bits per heavy atom. The summed E-state index contributed by atoms with van der Waals surface area (Å²) in [6.45, 7) is 5.03. The average Bonchev–Trinajstić information content (AvgIpc) is 2.84. The summed E-state index contributed by atoms with van der Waals surface area (Å²) in [5.74, 6) is -0.0319. The highest BCUT2D eigenvalue weighted by molar-refractivity contribution is 6.35. The minimum absolute atomic E-state index is 0.0319. The average molecular weight is 280 g/mol. The summed E-state index contributed by atoms with van der Waals surface area (Å²) in [5.41, 5.74) is 1.73. The molecule has 19 heavy (non-hydrogen) atoms. The molecule has 2 heterocycles. The molecule has 0 spiro atoms. The van der Waals surface area contributed by atoms with Gasteiger partial charge in [-0.25, -0.2) is 0 Å². The van der Waals surface area contributed by atoms with Crippen molar-refractivity contribution in [1.82, 2.24) is 10.3 Å². The van der Waals surface area contributed by atoms with Crippen molar-refractivity contribution in [3.8, 4) is 0 Å². The zero-order valence-corrected chi connectivity index (χ0v) is 11.3. The molecule has 0 aliphatic carbocycles. The summed E-state index contributed by atoms with van der Waals surface area (Å²) in [7, 11) is 0. The van der Waals surface area contributed by atoms with Gasteiger partial charge in [-0.3, -0.25) is 4.79 Å². The maximum atomic E-state index is 11.4. The molecule has 0 bridgehead atoms. The number of nitrogens with zero attached hydrogens (tertiary/aromatic N) is 2. The zero-order valence-electron chi connectivity index (χ0n) is 10.6. The van der Waals surface area contributed by atoms with E-state index in [0.717, 1.165) is 26.2 Å². The molecule has 6 heteroatoms. The maximum absolute atomic E-state index is 11.4. The van der Waals surface area contributed by atoms with Crippen molar-refractivity contribution in [2.45, 2.75) is 6.92 Å².